The number of likely N-dealkylation sites (tertiary alicyclic amines) is 1. The zero-order valence-corrected chi connectivity index (χ0v) is 16.3. The molecule has 0 aromatic heterocycles. The van der Waals surface area contributed by atoms with Crippen LogP contribution in [0.25, 0.3) is 0 Å². The quantitative estimate of drug-likeness (QED) is 0.845. The molecule has 0 bridgehead atoms. The Balaban J connectivity index is 1.68. The van der Waals surface area contributed by atoms with Crippen molar-refractivity contribution in [2.45, 2.75) is 45.1 Å². The van der Waals surface area contributed by atoms with Gasteiger partial charge in [0.15, 0.2) is 11.5 Å². The van der Waals surface area contributed by atoms with Crippen molar-refractivity contribution in [1.82, 2.24) is 10.2 Å². The molecule has 3 unspecified atom stereocenters. The van der Waals surface area contributed by atoms with E-state index in [1.54, 1.807) is 14.2 Å². The molecular formula is C21H32N2O3. The molecular weight excluding hydrogens is 328 g/mol. The fourth-order valence-corrected chi connectivity index (χ4v) is 4.40. The molecule has 2 saturated heterocycles. The van der Waals surface area contributed by atoms with Crippen molar-refractivity contribution >= 4 is 5.91 Å². The van der Waals surface area contributed by atoms with E-state index in [-0.39, 0.29) is 6.04 Å². The standard InChI is InChI=1S/C21H32N2O3/c1-15(17-6-4-10-22-14-17)12-21(24)23-11-5-7-18(23)16-8-9-19(25-2)20(13-16)26-3/h8-9,13,15,17-18,22H,4-7,10-12,14H2,1-3H3. The van der Waals surface area contributed by atoms with Crippen LogP contribution in [0.15, 0.2) is 18.2 Å². The van der Waals surface area contributed by atoms with E-state index in [1.807, 2.05) is 12.1 Å². The number of hydrogen-bond acceptors (Lipinski definition) is 4. The molecule has 5 heteroatoms. The maximum atomic E-state index is 13.0. The van der Waals surface area contributed by atoms with E-state index in [0.717, 1.165) is 49.5 Å². The van der Waals surface area contributed by atoms with E-state index in [4.69, 9.17) is 9.47 Å². The molecule has 0 spiro atoms. The average molecular weight is 360 g/mol. The second-order valence-corrected chi connectivity index (χ2v) is 7.65. The van der Waals surface area contributed by atoms with Crippen LogP contribution in [0, 0.1) is 11.8 Å². The maximum Gasteiger partial charge on any atom is 0.223 e. The van der Waals surface area contributed by atoms with Gasteiger partial charge >= 0.3 is 0 Å². The highest BCUT2D eigenvalue weighted by atomic mass is 16.5. The van der Waals surface area contributed by atoms with Gasteiger partial charge in [0.05, 0.1) is 20.3 Å². The minimum absolute atomic E-state index is 0.152. The van der Waals surface area contributed by atoms with Crippen LogP contribution in [0.2, 0.25) is 0 Å². The van der Waals surface area contributed by atoms with Crippen LogP contribution in [-0.4, -0.2) is 44.7 Å². The van der Waals surface area contributed by atoms with E-state index in [2.05, 4.69) is 23.2 Å². The Hall–Kier alpha value is -1.75. The number of carbonyl (C=O) groups is 1. The van der Waals surface area contributed by atoms with Crippen LogP contribution < -0.4 is 14.8 Å². The van der Waals surface area contributed by atoms with Crippen LogP contribution in [0.4, 0.5) is 0 Å². The second-order valence-electron chi connectivity index (χ2n) is 7.65. The van der Waals surface area contributed by atoms with Gasteiger partial charge in [-0.05, 0) is 68.3 Å². The molecule has 1 amide bonds. The predicted molar refractivity (Wildman–Crippen MR) is 103 cm³/mol. The molecule has 3 rings (SSSR count). The molecule has 2 aliphatic heterocycles. The van der Waals surface area contributed by atoms with Crippen LogP contribution >= 0.6 is 0 Å². The summed E-state index contributed by atoms with van der Waals surface area (Å²) in [6.07, 6.45) is 5.18. The SMILES string of the molecule is COc1ccc(C2CCCN2C(=O)CC(C)C2CCCNC2)cc1OC. The molecule has 26 heavy (non-hydrogen) atoms. The van der Waals surface area contributed by atoms with E-state index in [0.29, 0.717) is 24.2 Å². The fraction of sp³-hybridized carbons (Fsp3) is 0.667. The topological polar surface area (TPSA) is 50.8 Å². The van der Waals surface area contributed by atoms with Crippen molar-refractivity contribution in [2.24, 2.45) is 11.8 Å². The number of hydrogen-bond donors (Lipinski definition) is 1. The second kappa shape index (κ2) is 8.76. The van der Waals surface area contributed by atoms with Gasteiger partial charge in [0, 0.05) is 13.0 Å². The molecule has 3 atom stereocenters. The third kappa shape index (κ3) is 4.14. The summed E-state index contributed by atoms with van der Waals surface area (Å²) < 4.78 is 10.8. The monoisotopic (exact) mass is 360 g/mol. The van der Waals surface area contributed by atoms with E-state index in [1.165, 1.54) is 12.8 Å². The lowest BCUT2D eigenvalue weighted by molar-refractivity contribution is -0.133. The van der Waals surface area contributed by atoms with Crippen LogP contribution in [-0.2, 0) is 4.79 Å². The molecule has 1 aromatic rings. The van der Waals surface area contributed by atoms with Gasteiger partial charge < -0.3 is 19.7 Å². The summed E-state index contributed by atoms with van der Waals surface area (Å²) in [4.78, 5) is 15.1. The molecule has 2 heterocycles. The number of benzene rings is 1. The Labute approximate surface area is 157 Å². The van der Waals surface area contributed by atoms with Crippen LogP contribution in [0.1, 0.15) is 50.6 Å². The van der Waals surface area contributed by atoms with Gasteiger partial charge in [0.25, 0.3) is 0 Å². The van der Waals surface area contributed by atoms with Crippen LogP contribution in [0.3, 0.4) is 0 Å². The van der Waals surface area contributed by atoms with E-state index >= 15 is 0 Å². The average Bonchev–Trinajstić information content (AvgIpc) is 3.18. The lowest BCUT2D eigenvalue weighted by Gasteiger charge is -2.31. The highest BCUT2D eigenvalue weighted by Crippen LogP contribution is 2.37. The van der Waals surface area contributed by atoms with Crippen LogP contribution in [0.5, 0.6) is 11.5 Å². The van der Waals surface area contributed by atoms with E-state index < -0.39 is 0 Å². The fourth-order valence-electron chi connectivity index (χ4n) is 4.40. The normalized spacial score (nSPS) is 24.3. The summed E-state index contributed by atoms with van der Waals surface area (Å²) >= 11 is 0. The lowest BCUT2D eigenvalue weighted by atomic mass is 9.85. The van der Waals surface area contributed by atoms with Crippen molar-refractivity contribution in [2.75, 3.05) is 33.9 Å². The summed E-state index contributed by atoms with van der Waals surface area (Å²) in [7, 11) is 3.30. The number of methoxy groups -OCH3 is 2. The van der Waals surface area contributed by atoms with E-state index in [9.17, 15) is 4.79 Å². The summed E-state index contributed by atoms with van der Waals surface area (Å²) in [6, 6.07) is 6.17. The van der Waals surface area contributed by atoms with Gasteiger partial charge in [-0.1, -0.05) is 13.0 Å². The largest absolute Gasteiger partial charge is 0.493 e. The Morgan fingerprint density at radius 1 is 1.23 bits per heavy atom. The third-order valence-electron chi connectivity index (χ3n) is 6.00. The molecule has 0 saturated carbocycles. The van der Waals surface area contributed by atoms with Gasteiger partial charge in [0.1, 0.15) is 0 Å². The van der Waals surface area contributed by atoms with Gasteiger partial charge in [-0.15, -0.1) is 0 Å². The summed E-state index contributed by atoms with van der Waals surface area (Å²) in [5, 5.41) is 3.47. The Morgan fingerprint density at radius 3 is 2.73 bits per heavy atom. The summed E-state index contributed by atoms with van der Waals surface area (Å²) in [6.45, 7) is 5.25. The number of amides is 1. The van der Waals surface area contributed by atoms with Gasteiger partial charge in [-0.2, -0.15) is 0 Å². The molecule has 2 fully saturated rings. The van der Waals surface area contributed by atoms with Gasteiger partial charge in [-0.25, -0.2) is 0 Å². The Morgan fingerprint density at radius 2 is 2.04 bits per heavy atom. The number of ether oxygens (including phenoxy) is 2. The molecule has 1 N–H and O–H groups in total. The zero-order valence-electron chi connectivity index (χ0n) is 16.3. The third-order valence-corrected chi connectivity index (χ3v) is 6.00. The summed E-state index contributed by atoms with van der Waals surface area (Å²) in [5.74, 6) is 2.80. The highest BCUT2D eigenvalue weighted by molar-refractivity contribution is 5.77. The number of nitrogens with one attached hydrogen (secondary N) is 1. The number of rotatable bonds is 6. The minimum Gasteiger partial charge on any atom is -0.493 e. The minimum atomic E-state index is 0.152. The molecule has 144 valence electrons. The first-order valence-electron chi connectivity index (χ1n) is 9.86. The molecule has 1 aromatic carbocycles. The lowest BCUT2D eigenvalue weighted by Crippen LogP contribution is -2.37. The number of nitrogens with zero attached hydrogens (tertiary/aromatic N) is 1. The summed E-state index contributed by atoms with van der Waals surface area (Å²) in [5.41, 5.74) is 1.14. The molecule has 0 aliphatic carbocycles. The van der Waals surface area contributed by atoms with Crippen molar-refractivity contribution in [3.63, 3.8) is 0 Å². The predicted octanol–water partition coefficient (Wildman–Crippen LogP) is 3.39. The first-order valence-corrected chi connectivity index (χ1v) is 9.86. The Bertz CT molecular complexity index is 613. The zero-order chi connectivity index (χ0) is 18.5. The van der Waals surface area contributed by atoms with Gasteiger partial charge in [0.2, 0.25) is 5.91 Å². The van der Waals surface area contributed by atoms with Crippen molar-refractivity contribution in [1.29, 1.82) is 0 Å². The van der Waals surface area contributed by atoms with Gasteiger partial charge in [-0.3, -0.25) is 4.79 Å². The highest BCUT2D eigenvalue weighted by Gasteiger charge is 2.32. The van der Waals surface area contributed by atoms with Crippen molar-refractivity contribution < 1.29 is 14.3 Å². The van der Waals surface area contributed by atoms with Crippen molar-refractivity contribution in [3.05, 3.63) is 23.8 Å². The van der Waals surface area contributed by atoms with Crippen molar-refractivity contribution in [3.8, 4) is 11.5 Å². The first-order chi connectivity index (χ1) is 12.6. The molecule has 5 nitrogen and oxygen atoms in total. The molecule has 2 aliphatic rings. The Kier molecular flexibility index (Phi) is 6.41. The number of piperidine rings is 1. The first kappa shape index (κ1) is 19.0. The smallest absolute Gasteiger partial charge is 0.223 e. The maximum absolute atomic E-state index is 13.0. The number of carbonyl (C=O) groups excluding carboxylic acids is 1. The molecule has 0 radical (unpaired) electrons.